The molecule has 5 rings (SSSR count). The fraction of sp³-hybridized carbons (Fsp3) is 0.308. The van der Waals surface area contributed by atoms with Gasteiger partial charge >= 0.3 is 0 Å². The molecule has 3 heterocycles. The van der Waals surface area contributed by atoms with Crippen molar-refractivity contribution >= 4 is 11.0 Å². The van der Waals surface area contributed by atoms with Gasteiger partial charge in [0.15, 0.2) is 5.75 Å². The molecule has 1 aliphatic heterocycles. The molecule has 0 bridgehead atoms. The molecule has 0 spiro atoms. The molecule has 1 saturated heterocycles. The number of phenolic OH excluding ortho intramolecular Hbond substituents is 1. The van der Waals surface area contributed by atoms with E-state index in [1.165, 1.54) is 12.7 Å². The highest BCUT2D eigenvalue weighted by Crippen LogP contribution is 2.33. The smallest absolute Gasteiger partial charge is 0.235 e. The van der Waals surface area contributed by atoms with Gasteiger partial charge in [-0.25, -0.2) is 4.68 Å². The van der Waals surface area contributed by atoms with E-state index in [-0.39, 0.29) is 16.9 Å². The summed E-state index contributed by atoms with van der Waals surface area (Å²) in [5.41, 5.74) is 2.46. The maximum absolute atomic E-state index is 13.3. The summed E-state index contributed by atoms with van der Waals surface area (Å²) >= 11 is 0. The molecular weight excluding hydrogens is 418 g/mol. The lowest BCUT2D eigenvalue weighted by Crippen LogP contribution is -2.29. The highest BCUT2D eigenvalue weighted by Gasteiger charge is 2.21. The molecule has 2 aromatic carbocycles. The number of likely N-dealkylation sites (tertiary alicyclic amines) is 1. The SMILES string of the molecule is CCc1cc2c(=O)c(Oc3cnn(-c4ccccc4)c3)coc2c(CN2CCCCC2)c1O. The fourth-order valence-electron chi connectivity index (χ4n) is 4.41. The average molecular weight is 446 g/mol. The third-order valence-electron chi connectivity index (χ3n) is 6.20. The van der Waals surface area contributed by atoms with Crippen LogP contribution in [0.4, 0.5) is 0 Å². The van der Waals surface area contributed by atoms with Gasteiger partial charge in [0.25, 0.3) is 0 Å². The summed E-state index contributed by atoms with van der Waals surface area (Å²) < 4.78 is 13.4. The third kappa shape index (κ3) is 4.24. The summed E-state index contributed by atoms with van der Waals surface area (Å²) in [6.07, 6.45) is 8.74. The Morgan fingerprint density at radius 2 is 1.94 bits per heavy atom. The zero-order chi connectivity index (χ0) is 22.8. The fourth-order valence-corrected chi connectivity index (χ4v) is 4.41. The molecule has 0 saturated carbocycles. The van der Waals surface area contributed by atoms with E-state index in [0.29, 0.717) is 35.2 Å². The zero-order valence-electron chi connectivity index (χ0n) is 18.7. The number of aryl methyl sites for hydroxylation is 1. The minimum absolute atomic E-state index is 0.0896. The predicted molar refractivity (Wildman–Crippen MR) is 126 cm³/mol. The van der Waals surface area contributed by atoms with Gasteiger partial charge in [0.05, 0.1) is 29.0 Å². The Hall–Kier alpha value is -3.58. The molecule has 4 aromatic rings. The van der Waals surface area contributed by atoms with E-state index in [4.69, 9.17) is 9.15 Å². The number of nitrogens with zero attached hydrogens (tertiary/aromatic N) is 3. The first-order valence-electron chi connectivity index (χ1n) is 11.4. The molecule has 0 atom stereocenters. The van der Waals surface area contributed by atoms with Crippen molar-refractivity contribution in [3.63, 3.8) is 0 Å². The summed E-state index contributed by atoms with van der Waals surface area (Å²) in [6.45, 7) is 4.48. The molecule has 7 heteroatoms. The van der Waals surface area contributed by atoms with Crippen LogP contribution < -0.4 is 10.2 Å². The number of phenols is 1. The number of rotatable bonds is 6. The first kappa shape index (κ1) is 21.3. The van der Waals surface area contributed by atoms with E-state index in [9.17, 15) is 9.90 Å². The minimum atomic E-state index is -0.265. The lowest BCUT2D eigenvalue weighted by Gasteiger charge is -2.27. The van der Waals surface area contributed by atoms with E-state index in [1.807, 2.05) is 37.3 Å². The van der Waals surface area contributed by atoms with Gasteiger partial charge in [0, 0.05) is 6.54 Å². The van der Waals surface area contributed by atoms with Crippen LogP contribution in [0.5, 0.6) is 17.2 Å². The minimum Gasteiger partial charge on any atom is -0.507 e. The number of hydrogen-bond acceptors (Lipinski definition) is 6. The maximum Gasteiger partial charge on any atom is 0.235 e. The van der Waals surface area contributed by atoms with Crippen molar-refractivity contribution in [2.45, 2.75) is 39.2 Å². The van der Waals surface area contributed by atoms with Crippen LogP contribution in [0.15, 0.2) is 64.3 Å². The Morgan fingerprint density at radius 3 is 2.70 bits per heavy atom. The number of fused-ring (bicyclic) bond motifs is 1. The molecule has 1 N–H and O–H groups in total. The lowest BCUT2D eigenvalue weighted by atomic mass is 10.0. The molecular formula is C26H27N3O4. The molecule has 33 heavy (non-hydrogen) atoms. The van der Waals surface area contributed by atoms with Gasteiger partial charge in [0.2, 0.25) is 11.2 Å². The summed E-state index contributed by atoms with van der Waals surface area (Å²) in [4.78, 5) is 15.6. The molecule has 2 aromatic heterocycles. The average Bonchev–Trinajstić information content (AvgIpc) is 3.32. The number of hydrogen-bond donors (Lipinski definition) is 1. The summed E-state index contributed by atoms with van der Waals surface area (Å²) in [6, 6.07) is 11.4. The Kier molecular flexibility index (Phi) is 5.88. The van der Waals surface area contributed by atoms with Crippen LogP contribution in [-0.2, 0) is 13.0 Å². The van der Waals surface area contributed by atoms with Crippen LogP contribution in [0, 0.1) is 0 Å². The number of ether oxygens (including phenoxy) is 1. The van der Waals surface area contributed by atoms with Crippen LogP contribution in [0.25, 0.3) is 16.7 Å². The Morgan fingerprint density at radius 1 is 1.15 bits per heavy atom. The molecule has 1 fully saturated rings. The standard InChI is InChI=1S/C26H27N3O4/c1-2-18-13-21-25(31)23(33-20-14-27-29(15-20)19-9-5-3-6-10-19)17-32-26(21)22(24(18)30)16-28-11-7-4-8-12-28/h3,5-6,9-10,13-15,17,30H,2,4,7-8,11-12,16H2,1H3. The van der Waals surface area contributed by atoms with Gasteiger partial charge in [-0.1, -0.05) is 31.5 Å². The molecule has 7 nitrogen and oxygen atoms in total. The Balaban J connectivity index is 1.50. The van der Waals surface area contributed by atoms with Gasteiger partial charge in [-0.2, -0.15) is 5.10 Å². The molecule has 0 radical (unpaired) electrons. The second-order valence-corrected chi connectivity index (χ2v) is 8.42. The summed E-state index contributed by atoms with van der Waals surface area (Å²) in [5, 5.41) is 15.6. The second-order valence-electron chi connectivity index (χ2n) is 8.42. The molecule has 0 aliphatic carbocycles. The van der Waals surface area contributed by atoms with Crippen molar-refractivity contribution in [3.8, 4) is 22.9 Å². The van der Waals surface area contributed by atoms with Crippen molar-refractivity contribution in [1.82, 2.24) is 14.7 Å². The highest BCUT2D eigenvalue weighted by atomic mass is 16.5. The number of benzene rings is 2. The lowest BCUT2D eigenvalue weighted by molar-refractivity contribution is 0.218. The van der Waals surface area contributed by atoms with Gasteiger partial charge in [0.1, 0.15) is 17.6 Å². The Bertz CT molecular complexity index is 1320. The summed E-state index contributed by atoms with van der Waals surface area (Å²) in [7, 11) is 0. The van der Waals surface area contributed by atoms with Gasteiger partial charge in [-0.05, 0) is 56.1 Å². The molecule has 0 unspecified atom stereocenters. The first-order valence-corrected chi connectivity index (χ1v) is 11.4. The molecule has 1 aliphatic rings. The van der Waals surface area contributed by atoms with Crippen molar-refractivity contribution in [1.29, 1.82) is 0 Å². The highest BCUT2D eigenvalue weighted by molar-refractivity contribution is 5.84. The van der Waals surface area contributed by atoms with Gasteiger partial charge in [-0.3, -0.25) is 9.69 Å². The van der Waals surface area contributed by atoms with Crippen molar-refractivity contribution < 1.29 is 14.3 Å². The number of aromatic hydroxyl groups is 1. The number of aromatic nitrogens is 2. The van der Waals surface area contributed by atoms with Crippen molar-refractivity contribution in [3.05, 3.63) is 76.4 Å². The largest absolute Gasteiger partial charge is 0.507 e. The van der Waals surface area contributed by atoms with E-state index < -0.39 is 0 Å². The van der Waals surface area contributed by atoms with Crippen LogP contribution in [-0.4, -0.2) is 32.9 Å². The van der Waals surface area contributed by atoms with Gasteiger partial charge < -0.3 is 14.3 Å². The van der Waals surface area contributed by atoms with E-state index in [2.05, 4.69) is 10.00 Å². The topological polar surface area (TPSA) is 80.7 Å². The maximum atomic E-state index is 13.3. The van der Waals surface area contributed by atoms with Crippen molar-refractivity contribution in [2.75, 3.05) is 13.1 Å². The quantitative estimate of drug-likeness (QED) is 0.449. The van der Waals surface area contributed by atoms with E-state index >= 15 is 0 Å². The van der Waals surface area contributed by atoms with Crippen LogP contribution >= 0.6 is 0 Å². The van der Waals surface area contributed by atoms with Gasteiger partial charge in [-0.15, -0.1) is 0 Å². The van der Waals surface area contributed by atoms with E-state index in [1.54, 1.807) is 23.1 Å². The predicted octanol–water partition coefficient (Wildman–Crippen LogP) is 5.02. The van der Waals surface area contributed by atoms with Crippen LogP contribution in [0.2, 0.25) is 0 Å². The zero-order valence-corrected chi connectivity index (χ0v) is 18.7. The number of piperidine rings is 1. The summed E-state index contributed by atoms with van der Waals surface area (Å²) in [5.74, 6) is 0.747. The van der Waals surface area contributed by atoms with E-state index in [0.717, 1.165) is 37.2 Å². The van der Waals surface area contributed by atoms with Crippen LogP contribution in [0.3, 0.4) is 0 Å². The van der Waals surface area contributed by atoms with Crippen LogP contribution in [0.1, 0.15) is 37.3 Å². The van der Waals surface area contributed by atoms with Crippen molar-refractivity contribution in [2.24, 2.45) is 0 Å². The third-order valence-corrected chi connectivity index (χ3v) is 6.20. The molecule has 0 amide bonds. The Labute approximate surface area is 191 Å². The molecule has 170 valence electrons. The number of para-hydroxylation sites is 1. The first-order chi connectivity index (χ1) is 16.1. The monoisotopic (exact) mass is 445 g/mol. The normalized spacial score (nSPS) is 14.6. The second kappa shape index (κ2) is 9.11.